The van der Waals surface area contributed by atoms with Gasteiger partial charge in [0.1, 0.15) is 5.75 Å². The molecule has 2 N–H and O–H groups in total. The number of hydrogen-bond donors (Lipinski definition) is 1. The van der Waals surface area contributed by atoms with Crippen molar-refractivity contribution in [2.75, 3.05) is 32.9 Å². The fraction of sp³-hybridized carbons (Fsp3) is 0.556. The predicted molar refractivity (Wildman–Crippen MR) is 88.7 cm³/mol. The topological polar surface area (TPSA) is 81.9 Å². The second-order valence-electron chi connectivity index (χ2n) is 6.50. The maximum Gasteiger partial charge on any atom is 0.257 e. The summed E-state index contributed by atoms with van der Waals surface area (Å²) in [7, 11) is 0. The van der Waals surface area contributed by atoms with Crippen molar-refractivity contribution < 1.29 is 19.1 Å². The molecule has 1 atom stereocenters. The van der Waals surface area contributed by atoms with Gasteiger partial charge in [0.2, 0.25) is 0 Å². The fourth-order valence-electron chi connectivity index (χ4n) is 3.59. The Morgan fingerprint density at radius 1 is 1.17 bits per heavy atom. The zero-order valence-corrected chi connectivity index (χ0v) is 13.8. The van der Waals surface area contributed by atoms with Crippen LogP contribution in [0.3, 0.4) is 0 Å². The second kappa shape index (κ2) is 7.66. The molecule has 0 bridgehead atoms. The number of ether oxygens (including phenoxy) is 2. The van der Waals surface area contributed by atoms with Gasteiger partial charge in [-0.1, -0.05) is 12.1 Å². The predicted octanol–water partition coefficient (Wildman–Crippen LogP) is 1.44. The van der Waals surface area contributed by atoms with Gasteiger partial charge in [-0.3, -0.25) is 9.59 Å². The molecule has 6 heteroatoms. The maximum absolute atomic E-state index is 12.8. The van der Waals surface area contributed by atoms with E-state index in [1.165, 1.54) is 0 Å². The minimum Gasteiger partial charge on any atom is -0.483 e. The number of amides is 2. The van der Waals surface area contributed by atoms with Crippen molar-refractivity contribution in [3.8, 4) is 5.75 Å². The second-order valence-corrected chi connectivity index (χ2v) is 6.50. The molecular weight excluding hydrogens is 308 g/mol. The number of rotatable bonds is 5. The van der Waals surface area contributed by atoms with Gasteiger partial charge < -0.3 is 20.1 Å². The Kier molecular flexibility index (Phi) is 5.35. The molecule has 3 rings (SSSR count). The summed E-state index contributed by atoms with van der Waals surface area (Å²) in [5.74, 6) is 1.10. The summed E-state index contributed by atoms with van der Waals surface area (Å²) in [4.78, 5) is 25.6. The van der Waals surface area contributed by atoms with E-state index in [9.17, 15) is 9.59 Å². The molecular formula is C18H24N2O4. The first-order chi connectivity index (χ1) is 11.6. The summed E-state index contributed by atoms with van der Waals surface area (Å²) >= 11 is 0. The van der Waals surface area contributed by atoms with Gasteiger partial charge in [-0.25, -0.2) is 0 Å². The number of carbonyl (C=O) groups excluding carboxylic acids is 2. The number of nitrogens with two attached hydrogens (primary N) is 1. The van der Waals surface area contributed by atoms with E-state index < -0.39 is 5.91 Å². The van der Waals surface area contributed by atoms with Gasteiger partial charge in [0.15, 0.2) is 6.61 Å². The first-order valence-corrected chi connectivity index (χ1v) is 8.52. The molecule has 2 aliphatic heterocycles. The molecule has 2 aliphatic rings. The number of nitrogens with zero attached hydrogens (tertiary/aromatic N) is 1. The van der Waals surface area contributed by atoms with Crippen LogP contribution in [0.4, 0.5) is 0 Å². The van der Waals surface area contributed by atoms with Crippen LogP contribution in [0.25, 0.3) is 0 Å². The van der Waals surface area contributed by atoms with E-state index in [4.69, 9.17) is 15.2 Å². The van der Waals surface area contributed by atoms with Crippen molar-refractivity contribution in [3.63, 3.8) is 0 Å². The van der Waals surface area contributed by atoms with Crippen LogP contribution in [0.5, 0.6) is 5.75 Å². The van der Waals surface area contributed by atoms with E-state index in [0.717, 1.165) is 45.6 Å². The average molecular weight is 332 g/mol. The zero-order valence-electron chi connectivity index (χ0n) is 13.8. The first-order valence-electron chi connectivity index (χ1n) is 8.52. The van der Waals surface area contributed by atoms with E-state index >= 15 is 0 Å². The monoisotopic (exact) mass is 332 g/mol. The van der Waals surface area contributed by atoms with E-state index in [1.807, 2.05) is 4.90 Å². The number of likely N-dealkylation sites (tertiary alicyclic amines) is 1. The molecule has 0 radical (unpaired) electrons. The van der Waals surface area contributed by atoms with Crippen LogP contribution < -0.4 is 10.5 Å². The smallest absolute Gasteiger partial charge is 0.257 e. The highest BCUT2D eigenvalue weighted by Gasteiger charge is 2.31. The molecule has 0 spiro atoms. The fourth-order valence-corrected chi connectivity index (χ4v) is 3.59. The van der Waals surface area contributed by atoms with Crippen LogP contribution in [0.15, 0.2) is 24.3 Å². The highest BCUT2D eigenvalue weighted by Crippen LogP contribution is 2.31. The summed E-state index contributed by atoms with van der Waals surface area (Å²) in [5, 5.41) is 0. The standard InChI is InChI=1S/C18H24N2O4/c19-17(21)12-24-16-4-2-1-3-15(16)18(22)20-8-5-13(6-9-20)14-7-10-23-11-14/h1-4,13-14H,5-12H2,(H2,19,21). The van der Waals surface area contributed by atoms with Crippen LogP contribution in [-0.4, -0.2) is 49.6 Å². The highest BCUT2D eigenvalue weighted by atomic mass is 16.5. The minimum absolute atomic E-state index is 0.0452. The van der Waals surface area contributed by atoms with Crippen LogP contribution in [0.1, 0.15) is 29.6 Å². The molecule has 1 unspecified atom stereocenters. The zero-order chi connectivity index (χ0) is 16.9. The molecule has 2 heterocycles. The Morgan fingerprint density at radius 2 is 1.92 bits per heavy atom. The van der Waals surface area contributed by atoms with Crippen molar-refractivity contribution in [1.29, 1.82) is 0 Å². The van der Waals surface area contributed by atoms with E-state index in [0.29, 0.717) is 23.1 Å². The van der Waals surface area contributed by atoms with Crippen molar-refractivity contribution in [2.24, 2.45) is 17.6 Å². The number of benzene rings is 1. The molecule has 0 saturated carbocycles. The molecule has 2 amide bonds. The van der Waals surface area contributed by atoms with Crippen molar-refractivity contribution >= 4 is 11.8 Å². The Morgan fingerprint density at radius 3 is 2.58 bits per heavy atom. The number of carbonyl (C=O) groups is 2. The highest BCUT2D eigenvalue weighted by molar-refractivity contribution is 5.97. The molecule has 1 aromatic rings. The number of para-hydroxylation sites is 1. The number of primary amides is 1. The lowest BCUT2D eigenvalue weighted by Crippen LogP contribution is -2.40. The lowest BCUT2D eigenvalue weighted by molar-refractivity contribution is -0.119. The Hall–Kier alpha value is -2.08. The quantitative estimate of drug-likeness (QED) is 0.884. The molecule has 0 aliphatic carbocycles. The van der Waals surface area contributed by atoms with Crippen molar-refractivity contribution in [3.05, 3.63) is 29.8 Å². The van der Waals surface area contributed by atoms with E-state index in [-0.39, 0.29) is 12.5 Å². The Bertz CT molecular complexity index is 590. The normalized spacial score (nSPS) is 21.7. The third-order valence-electron chi connectivity index (χ3n) is 4.95. The number of hydrogen-bond acceptors (Lipinski definition) is 4. The van der Waals surface area contributed by atoms with Gasteiger partial charge in [0.05, 0.1) is 5.56 Å². The summed E-state index contributed by atoms with van der Waals surface area (Å²) in [6.45, 7) is 3.01. The molecule has 2 saturated heterocycles. The van der Waals surface area contributed by atoms with Crippen LogP contribution in [0, 0.1) is 11.8 Å². The van der Waals surface area contributed by atoms with Crippen LogP contribution >= 0.6 is 0 Å². The molecule has 130 valence electrons. The third-order valence-corrected chi connectivity index (χ3v) is 4.95. The van der Waals surface area contributed by atoms with Gasteiger partial charge in [-0.05, 0) is 43.2 Å². The molecule has 6 nitrogen and oxygen atoms in total. The van der Waals surface area contributed by atoms with Crippen molar-refractivity contribution in [2.45, 2.75) is 19.3 Å². The van der Waals surface area contributed by atoms with Crippen LogP contribution in [0.2, 0.25) is 0 Å². The van der Waals surface area contributed by atoms with Gasteiger partial charge in [0, 0.05) is 26.3 Å². The average Bonchev–Trinajstić information content (AvgIpc) is 3.14. The molecule has 1 aromatic carbocycles. The van der Waals surface area contributed by atoms with Gasteiger partial charge in [-0.2, -0.15) is 0 Å². The van der Waals surface area contributed by atoms with Gasteiger partial charge in [-0.15, -0.1) is 0 Å². The van der Waals surface area contributed by atoms with Gasteiger partial charge in [0.25, 0.3) is 11.8 Å². The maximum atomic E-state index is 12.8. The summed E-state index contributed by atoms with van der Waals surface area (Å²) in [6, 6.07) is 7.00. The summed E-state index contributed by atoms with van der Waals surface area (Å²) < 4.78 is 10.9. The first kappa shape index (κ1) is 16.8. The van der Waals surface area contributed by atoms with E-state index in [2.05, 4.69) is 0 Å². The summed E-state index contributed by atoms with van der Waals surface area (Å²) in [6.07, 6.45) is 3.18. The third kappa shape index (κ3) is 3.87. The molecule has 0 aromatic heterocycles. The summed E-state index contributed by atoms with van der Waals surface area (Å²) in [5.41, 5.74) is 5.60. The number of piperidine rings is 1. The van der Waals surface area contributed by atoms with Gasteiger partial charge >= 0.3 is 0 Å². The lowest BCUT2D eigenvalue weighted by Gasteiger charge is -2.34. The Balaban J connectivity index is 1.61. The van der Waals surface area contributed by atoms with E-state index in [1.54, 1.807) is 24.3 Å². The van der Waals surface area contributed by atoms with Crippen molar-refractivity contribution in [1.82, 2.24) is 4.90 Å². The molecule has 24 heavy (non-hydrogen) atoms. The minimum atomic E-state index is -0.558. The molecule has 2 fully saturated rings. The largest absolute Gasteiger partial charge is 0.483 e. The Labute approximate surface area is 141 Å². The van der Waals surface area contributed by atoms with Crippen LogP contribution in [-0.2, 0) is 9.53 Å². The lowest BCUT2D eigenvalue weighted by atomic mass is 9.84. The SMILES string of the molecule is NC(=O)COc1ccccc1C(=O)N1CCC(C2CCOC2)CC1.